The second kappa shape index (κ2) is 5.37. The van der Waals surface area contributed by atoms with Crippen LogP contribution in [0.15, 0.2) is 35.2 Å². The van der Waals surface area contributed by atoms with Crippen molar-refractivity contribution in [3.05, 3.63) is 30.3 Å². The fourth-order valence-electron chi connectivity index (χ4n) is 1.24. The minimum Gasteiger partial charge on any atom is -0.308 e. The molecule has 0 saturated heterocycles. The molecule has 0 unspecified atom stereocenters. The molecule has 0 fully saturated rings. The van der Waals surface area contributed by atoms with Crippen LogP contribution in [-0.2, 0) is 9.84 Å². The molecule has 0 amide bonds. The quantitative estimate of drug-likeness (QED) is 0.870. The van der Waals surface area contributed by atoms with Crippen LogP contribution in [0.3, 0.4) is 0 Å². The summed E-state index contributed by atoms with van der Waals surface area (Å²) < 4.78 is 22.6. The second-order valence-corrected chi connectivity index (χ2v) is 9.16. The third-order valence-electron chi connectivity index (χ3n) is 2.27. The van der Waals surface area contributed by atoms with Gasteiger partial charge in [-0.1, -0.05) is 41.4 Å². The van der Waals surface area contributed by atoms with E-state index >= 15 is 0 Å². The highest BCUT2D eigenvalue weighted by Gasteiger charge is 2.41. The van der Waals surface area contributed by atoms with Crippen LogP contribution in [0.2, 0.25) is 0 Å². The van der Waals surface area contributed by atoms with Crippen LogP contribution in [0.5, 0.6) is 0 Å². The fraction of sp³-hybridized carbons (Fsp3) is 0.500. The predicted octanol–water partition coefficient (Wildman–Crippen LogP) is 2.98. The normalized spacial score (nSPS) is 13.6. The third kappa shape index (κ3) is 3.85. The Morgan fingerprint density at radius 1 is 1.11 bits per heavy atom. The molecule has 0 bridgehead atoms. The number of hydrogen-bond acceptors (Lipinski definition) is 3. The van der Waals surface area contributed by atoms with E-state index < -0.39 is 13.5 Å². The zero-order valence-corrected chi connectivity index (χ0v) is 12.9. The van der Waals surface area contributed by atoms with Crippen LogP contribution in [0, 0.1) is 0 Å². The first-order valence-corrected chi connectivity index (χ1v) is 7.73. The van der Waals surface area contributed by atoms with E-state index in [9.17, 15) is 8.42 Å². The second-order valence-electron chi connectivity index (χ2n) is 5.06. The van der Waals surface area contributed by atoms with Gasteiger partial charge in [0.1, 0.15) is 0 Å². The lowest BCUT2D eigenvalue weighted by atomic mass is 10.1. The largest absolute Gasteiger partial charge is 0.308 e. The first kappa shape index (κ1) is 15.8. The molecule has 6 heteroatoms. The van der Waals surface area contributed by atoms with Crippen LogP contribution in [0.4, 0.5) is 0 Å². The minimum absolute atomic E-state index is 0.0448. The standard InChI is InChI=1S/C12H17Cl2NO2S/c1-11(2,3)15-9-12(13,14)18(16,17)10-7-5-4-6-8-10/h4-8,15H,9H2,1-3H3. The summed E-state index contributed by atoms with van der Waals surface area (Å²) in [7, 11) is -3.79. The van der Waals surface area contributed by atoms with E-state index in [-0.39, 0.29) is 17.0 Å². The van der Waals surface area contributed by atoms with Gasteiger partial charge in [-0.3, -0.25) is 0 Å². The molecule has 18 heavy (non-hydrogen) atoms. The van der Waals surface area contributed by atoms with Gasteiger partial charge in [0.15, 0.2) is 0 Å². The third-order valence-corrected chi connectivity index (χ3v) is 5.58. The van der Waals surface area contributed by atoms with Gasteiger partial charge in [0, 0.05) is 12.1 Å². The average molecular weight is 310 g/mol. The summed E-state index contributed by atoms with van der Waals surface area (Å²) in [4.78, 5) is 0.116. The molecule has 0 radical (unpaired) electrons. The SMILES string of the molecule is CC(C)(C)NCC(Cl)(Cl)S(=O)(=O)c1ccccc1. The molecule has 0 aliphatic heterocycles. The lowest BCUT2D eigenvalue weighted by Crippen LogP contribution is -2.45. The van der Waals surface area contributed by atoms with Crippen molar-refractivity contribution in [3.8, 4) is 0 Å². The van der Waals surface area contributed by atoms with Crippen LogP contribution in [0.25, 0.3) is 0 Å². The van der Waals surface area contributed by atoms with E-state index in [1.807, 2.05) is 20.8 Å². The number of nitrogens with one attached hydrogen (secondary N) is 1. The molecule has 0 spiro atoms. The summed E-state index contributed by atoms with van der Waals surface area (Å²) in [6.07, 6.45) is 0. The van der Waals surface area contributed by atoms with Crippen LogP contribution in [-0.4, -0.2) is 24.2 Å². The Morgan fingerprint density at radius 2 is 1.61 bits per heavy atom. The molecule has 1 rings (SSSR count). The summed E-state index contributed by atoms with van der Waals surface area (Å²) in [5.74, 6) is 0. The van der Waals surface area contributed by atoms with Gasteiger partial charge < -0.3 is 5.32 Å². The number of hydrogen-bond donors (Lipinski definition) is 1. The summed E-state index contributed by atoms with van der Waals surface area (Å²) in [6.45, 7) is 5.68. The fourth-order valence-corrected chi connectivity index (χ4v) is 3.03. The van der Waals surface area contributed by atoms with E-state index in [1.165, 1.54) is 12.1 Å². The molecule has 1 N–H and O–H groups in total. The van der Waals surface area contributed by atoms with Gasteiger partial charge in [0.05, 0.1) is 4.90 Å². The van der Waals surface area contributed by atoms with Crippen molar-refractivity contribution in [2.75, 3.05) is 6.54 Å². The van der Waals surface area contributed by atoms with Crippen molar-refractivity contribution < 1.29 is 8.42 Å². The van der Waals surface area contributed by atoms with Gasteiger partial charge in [0.2, 0.25) is 13.5 Å². The predicted molar refractivity (Wildman–Crippen MR) is 75.8 cm³/mol. The topological polar surface area (TPSA) is 46.2 Å². The van der Waals surface area contributed by atoms with E-state index in [4.69, 9.17) is 23.2 Å². The molecule has 1 aromatic carbocycles. The number of alkyl halides is 2. The van der Waals surface area contributed by atoms with Crippen LogP contribution >= 0.6 is 23.2 Å². The summed E-state index contributed by atoms with van der Waals surface area (Å²) in [5, 5.41) is 2.99. The molecule has 0 saturated carbocycles. The summed E-state index contributed by atoms with van der Waals surface area (Å²) in [5.41, 5.74) is -0.263. The Hall–Kier alpha value is -0.290. The van der Waals surface area contributed by atoms with Gasteiger partial charge in [0.25, 0.3) is 0 Å². The molecule has 0 aromatic heterocycles. The first-order valence-electron chi connectivity index (χ1n) is 5.49. The smallest absolute Gasteiger partial charge is 0.234 e. The first-order chi connectivity index (χ1) is 8.06. The van der Waals surface area contributed by atoms with Crippen LogP contribution in [0.1, 0.15) is 20.8 Å². The van der Waals surface area contributed by atoms with Crippen molar-refractivity contribution in [1.82, 2.24) is 5.32 Å². The van der Waals surface area contributed by atoms with Gasteiger partial charge >= 0.3 is 0 Å². The highest BCUT2D eigenvalue weighted by molar-refractivity contribution is 7.95. The number of halogens is 2. The Balaban J connectivity index is 2.97. The van der Waals surface area contributed by atoms with Crippen LogP contribution < -0.4 is 5.32 Å². The number of rotatable bonds is 4. The van der Waals surface area contributed by atoms with Crippen molar-refractivity contribution in [2.45, 2.75) is 34.9 Å². The molecular weight excluding hydrogens is 293 g/mol. The minimum atomic E-state index is -3.79. The molecule has 0 atom stereocenters. The molecular formula is C12H17Cl2NO2S. The maximum Gasteiger partial charge on any atom is 0.234 e. The Labute approximate surface area is 118 Å². The van der Waals surface area contributed by atoms with Gasteiger partial charge in [-0.15, -0.1) is 0 Å². The molecule has 0 aliphatic rings. The molecule has 3 nitrogen and oxygen atoms in total. The summed E-state index contributed by atoms with van der Waals surface area (Å²) in [6, 6.07) is 7.95. The number of sulfone groups is 1. The van der Waals surface area contributed by atoms with Crippen molar-refractivity contribution in [2.24, 2.45) is 0 Å². The van der Waals surface area contributed by atoms with E-state index in [0.717, 1.165) is 0 Å². The summed E-state index contributed by atoms with van der Waals surface area (Å²) >= 11 is 12.0. The lowest BCUT2D eigenvalue weighted by molar-refractivity contribution is 0.429. The van der Waals surface area contributed by atoms with Gasteiger partial charge in [-0.05, 0) is 32.9 Å². The number of benzene rings is 1. The zero-order chi connectivity index (χ0) is 14.0. The van der Waals surface area contributed by atoms with E-state index in [1.54, 1.807) is 18.2 Å². The highest BCUT2D eigenvalue weighted by atomic mass is 35.5. The Bertz CT molecular complexity index is 493. The molecule has 1 aromatic rings. The van der Waals surface area contributed by atoms with E-state index in [0.29, 0.717) is 0 Å². The average Bonchev–Trinajstić information content (AvgIpc) is 2.27. The van der Waals surface area contributed by atoms with Gasteiger partial charge in [-0.2, -0.15) is 0 Å². The molecule has 0 aliphatic carbocycles. The Kier molecular flexibility index (Phi) is 4.70. The molecule has 102 valence electrons. The zero-order valence-electron chi connectivity index (χ0n) is 10.6. The van der Waals surface area contributed by atoms with Crippen molar-refractivity contribution in [1.29, 1.82) is 0 Å². The lowest BCUT2D eigenvalue weighted by Gasteiger charge is -2.27. The Morgan fingerprint density at radius 3 is 2.06 bits per heavy atom. The molecule has 0 heterocycles. The monoisotopic (exact) mass is 309 g/mol. The van der Waals surface area contributed by atoms with Gasteiger partial charge in [-0.25, -0.2) is 8.42 Å². The van der Waals surface area contributed by atoms with Crippen molar-refractivity contribution in [3.63, 3.8) is 0 Å². The highest BCUT2D eigenvalue weighted by Crippen LogP contribution is 2.33. The van der Waals surface area contributed by atoms with Crippen molar-refractivity contribution >= 4 is 33.0 Å². The maximum absolute atomic E-state index is 12.3. The van der Waals surface area contributed by atoms with E-state index in [2.05, 4.69) is 5.32 Å². The maximum atomic E-state index is 12.3.